The van der Waals surface area contributed by atoms with Crippen molar-refractivity contribution in [2.24, 2.45) is 4.99 Å². The third kappa shape index (κ3) is 4.68. The summed E-state index contributed by atoms with van der Waals surface area (Å²) >= 11 is 0. The van der Waals surface area contributed by atoms with Crippen LogP contribution in [0.1, 0.15) is 19.8 Å². The maximum atomic E-state index is 12.4. The van der Waals surface area contributed by atoms with Gasteiger partial charge >= 0.3 is 6.03 Å². The molecule has 4 amide bonds. The highest BCUT2D eigenvalue weighted by Crippen LogP contribution is 2.16. The van der Waals surface area contributed by atoms with Crippen LogP contribution >= 0.6 is 0 Å². The number of ether oxygens (including phenoxy) is 1. The van der Waals surface area contributed by atoms with Gasteiger partial charge in [-0.2, -0.15) is 0 Å². The fourth-order valence-corrected chi connectivity index (χ4v) is 3.48. The van der Waals surface area contributed by atoms with Gasteiger partial charge in [-0.15, -0.1) is 0 Å². The number of rotatable bonds is 5. The zero-order chi connectivity index (χ0) is 19.2. The van der Waals surface area contributed by atoms with Crippen molar-refractivity contribution >= 4 is 23.8 Å². The first-order valence-electron chi connectivity index (χ1n) is 9.62. The molecule has 0 saturated carbocycles. The van der Waals surface area contributed by atoms with E-state index in [0.717, 1.165) is 25.3 Å². The van der Waals surface area contributed by atoms with Crippen molar-refractivity contribution < 1.29 is 19.1 Å². The fraction of sp³-hybridized carbons (Fsp3) is 0.765. The standard InChI is InChI=1S/C17H28N6O4/c1-2-18-16(19-5-6-23-14(24)12-20-17(23)26)22-9-7-21(8-10-22)15(25)13-4-3-11-27-13/h13H,2-12H2,1H3,(H,18,19)(H,20,26). The molecule has 0 aromatic carbocycles. The van der Waals surface area contributed by atoms with Gasteiger partial charge in [-0.05, 0) is 19.8 Å². The summed E-state index contributed by atoms with van der Waals surface area (Å²) in [5.41, 5.74) is 0. The molecule has 10 nitrogen and oxygen atoms in total. The molecule has 3 aliphatic heterocycles. The molecule has 27 heavy (non-hydrogen) atoms. The molecule has 3 aliphatic rings. The minimum Gasteiger partial charge on any atom is -0.368 e. The van der Waals surface area contributed by atoms with E-state index in [1.807, 2.05) is 11.8 Å². The van der Waals surface area contributed by atoms with Crippen LogP contribution in [0.15, 0.2) is 4.99 Å². The molecular weight excluding hydrogens is 352 g/mol. The summed E-state index contributed by atoms with van der Waals surface area (Å²) < 4.78 is 5.49. The number of urea groups is 1. The number of carbonyl (C=O) groups is 3. The first-order chi connectivity index (χ1) is 13.1. The zero-order valence-corrected chi connectivity index (χ0v) is 15.8. The second kappa shape index (κ2) is 9.03. The van der Waals surface area contributed by atoms with Gasteiger partial charge < -0.3 is 25.2 Å². The summed E-state index contributed by atoms with van der Waals surface area (Å²) in [4.78, 5) is 45.3. The van der Waals surface area contributed by atoms with Gasteiger partial charge in [0.1, 0.15) is 6.10 Å². The van der Waals surface area contributed by atoms with Crippen LogP contribution in [-0.2, 0) is 14.3 Å². The number of hydrogen-bond donors (Lipinski definition) is 2. The van der Waals surface area contributed by atoms with E-state index in [0.29, 0.717) is 39.3 Å². The Kier molecular flexibility index (Phi) is 6.49. The molecule has 0 aromatic heterocycles. The topological polar surface area (TPSA) is 107 Å². The van der Waals surface area contributed by atoms with Crippen LogP contribution in [0.3, 0.4) is 0 Å². The molecule has 3 rings (SSSR count). The molecule has 150 valence electrons. The van der Waals surface area contributed by atoms with Crippen LogP contribution in [0.4, 0.5) is 4.79 Å². The van der Waals surface area contributed by atoms with Gasteiger partial charge in [0.25, 0.3) is 5.91 Å². The van der Waals surface area contributed by atoms with E-state index in [9.17, 15) is 14.4 Å². The van der Waals surface area contributed by atoms with Gasteiger partial charge in [-0.1, -0.05) is 0 Å². The Morgan fingerprint density at radius 2 is 2.00 bits per heavy atom. The highest BCUT2D eigenvalue weighted by molar-refractivity contribution is 6.01. The predicted octanol–water partition coefficient (Wildman–Crippen LogP) is -1.17. The van der Waals surface area contributed by atoms with Crippen molar-refractivity contribution in [2.75, 3.05) is 59.0 Å². The fourth-order valence-electron chi connectivity index (χ4n) is 3.48. The summed E-state index contributed by atoms with van der Waals surface area (Å²) in [6.45, 7) is 6.69. The van der Waals surface area contributed by atoms with Gasteiger partial charge in [0.15, 0.2) is 5.96 Å². The van der Waals surface area contributed by atoms with Crippen LogP contribution in [0.2, 0.25) is 0 Å². The Labute approximate surface area is 158 Å². The highest BCUT2D eigenvalue weighted by Gasteiger charge is 2.31. The smallest absolute Gasteiger partial charge is 0.324 e. The largest absolute Gasteiger partial charge is 0.368 e. The normalized spacial score (nSPS) is 23.8. The van der Waals surface area contributed by atoms with E-state index in [1.165, 1.54) is 4.90 Å². The van der Waals surface area contributed by atoms with Crippen molar-refractivity contribution in [2.45, 2.75) is 25.9 Å². The summed E-state index contributed by atoms with van der Waals surface area (Å²) in [7, 11) is 0. The Bertz CT molecular complexity index is 580. The molecule has 2 N–H and O–H groups in total. The summed E-state index contributed by atoms with van der Waals surface area (Å²) in [5.74, 6) is 0.614. The van der Waals surface area contributed by atoms with Crippen molar-refractivity contribution in [3.05, 3.63) is 0 Å². The lowest BCUT2D eigenvalue weighted by molar-refractivity contribution is -0.142. The third-order valence-corrected chi connectivity index (χ3v) is 4.95. The van der Waals surface area contributed by atoms with E-state index < -0.39 is 0 Å². The Morgan fingerprint density at radius 1 is 1.26 bits per heavy atom. The number of nitrogens with one attached hydrogen (secondary N) is 2. The van der Waals surface area contributed by atoms with Crippen LogP contribution in [0.25, 0.3) is 0 Å². The monoisotopic (exact) mass is 380 g/mol. The minimum atomic E-state index is -0.360. The molecule has 1 unspecified atom stereocenters. The number of carbonyl (C=O) groups excluding carboxylic acids is 3. The lowest BCUT2D eigenvalue weighted by Crippen LogP contribution is -2.55. The van der Waals surface area contributed by atoms with E-state index in [4.69, 9.17) is 4.74 Å². The maximum Gasteiger partial charge on any atom is 0.324 e. The molecule has 10 heteroatoms. The SMILES string of the molecule is CCNC(=NCCN1C(=O)CNC1=O)N1CCN(C(=O)C2CCCO2)CC1. The first kappa shape index (κ1) is 19.4. The van der Waals surface area contributed by atoms with Crippen molar-refractivity contribution in [1.29, 1.82) is 0 Å². The van der Waals surface area contributed by atoms with E-state index in [2.05, 4.69) is 20.5 Å². The van der Waals surface area contributed by atoms with Gasteiger partial charge in [0.05, 0.1) is 19.6 Å². The number of nitrogens with zero attached hydrogens (tertiary/aromatic N) is 4. The van der Waals surface area contributed by atoms with Crippen LogP contribution in [0, 0.1) is 0 Å². The highest BCUT2D eigenvalue weighted by atomic mass is 16.5. The van der Waals surface area contributed by atoms with E-state index >= 15 is 0 Å². The average Bonchev–Trinajstić information content (AvgIpc) is 3.32. The lowest BCUT2D eigenvalue weighted by atomic mass is 10.2. The van der Waals surface area contributed by atoms with Gasteiger partial charge in [0.2, 0.25) is 5.91 Å². The molecule has 0 bridgehead atoms. The Hall–Kier alpha value is -2.36. The number of hydrogen-bond acceptors (Lipinski definition) is 5. The second-order valence-electron chi connectivity index (χ2n) is 6.75. The second-order valence-corrected chi connectivity index (χ2v) is 6.75. The number of piperazine rings is 1. The minimum absolute atomic E-state index is 0.0588. The van der Waals surface area contributed by atoms with Gasteiger partial charge in [0, 0.05) is 39.3 Å². The van der Waals surface area contributed by atoms with Crippen LogP contribution in [-0.4, -0.2) is 104 Å². The molecule has 0 aromatic rings. The summed E-state index contributed by atoms with van der Waals surface area (Å²) in [6, 6.07) is -0.360. The van der Waals surface area contributed by atoms with Crippen LogP contribution < -0.4 is 10.6 Å². The predicted molar refractivity (Wildman–Crippen MR) is 98.2 cm³/mol. The molecule has 1 atom stereocenters. The number of imide groups is 1. The van der Waals surface area contributed by atoms with Crippen molar-refractivity contribution in [3.8, 4) is 0 Å². The summed E-state index contributed by atoms with van der Waals surface area (Å²) in [5, 5.41) is 5.74. The summed E-state index contributed by atoms with van der Waals surface area (Å²) in [6.07, 6.45) is 1.49. The van der Waals surface area contributed by atoms with Gasteiger partial charge in [-0.25, -0.2) is 4.79 Å². The van der Waals surface area contributed by atoms with E-state index in [1.54, 1.807) is 0 Å². The molecule has 0 aliphatic carbocycles. The lowest BCUT2D eigenvalue weighted by Gasteiger charge is -2.37. The Balaban J connectivity index is 1.50. The maximum absolute atomic E-state index is 12.4. The van der Waals surface area contributed by atoms with Crippen molar-refractivity contribution in [3.63, 3.8) is 0 Å². The molecule has 0 radical (unpaired) electrons. The average molecular weight is 380 g/mol. The van der Waals surface area contributed by atoms with E-state index in [-0.39, 0.29) is 37.0 Å². The number of amides is 4. The Morgan fingerprint density at radius 3 is 2.59 bits per heavy atom. The first-order valence-corrected chi connectivity index (χ1v) is 9.62. The quantitative estimate of drug-likeness (QED) is 0.354. The molecule has 3 fully saturated rings. The molecule has 3 saturated heterocycles. The molecule has 3 heterocycles. The molecule has 0 spiro atoms. The van der Waals surface area contributed by atoms with Gasteiger partial charge in [-0.3, -0.25) is 19.5 Å². The van der Waals surface area contributed by atoms with Crippen LogP contribution in [0.5, 0.6) is 0 Å². The number of guanidine groups is 1. The number of aliphatic imine (C=N–C) groups is 1. The third-order valence-electron chi connectivity index (χ3n) is 4.95. The zero-order valence-electron chi connectivity index (χ0n) is 15.8. The molecular formula is C17H28N6O4. The van der Waals surface area contributed by atoms with Crippen molar-refractivity contribution in [1.82, 2.24) is 25.3 Å².